The summed E-state index contributed by atoms with van der Waals surface area (Å²) in [5.41, 5.74) is 25.9. The highest BCUT2D eigenvalue weighted by Gasteiger charge is 2.30. The van der Waals surface area contributed by atoms with Crippen LogP contribution in [-0.4, -0.2) is 18.7 Å². The van der Waals surface area contributed by atoms with E-state index in [4.69, 9.17) is 8.83 Å². The number of halogens is 1. The van der Waals surface area contributed by atoms with Crippen LogP contribution in [-0.2, 0) is 0 Å². The van der Waals surface area contributed by atoms with Gasteiger partial charge in [0.2, 0.25) is 0 Å². The number of benzene rings is 16. The predicted octanol–water partition coefficient (Wildman–Crippen LogP) is 27.2. The maximum atomic E-state index is 6.94. The molecular formula is C96H61BrN4O2. The van der Waals surface area contributed by atoms with Gasteiger partial charge in [-0.25, -0.2) is 0 Å². The van der Waals surface area contributed by atoms with E-state index in [9.17, 15) is 0 Å². The standard InChI is InChI=1S/C48H30N2O.C30H18N2O.C18H13Br/c1-3-15-31(16-4-1)32-27-29-33(30-28-32)35-19-7-11-23-39(35)50-41-25-13-8-20-36(41)43-44-38-22-10-14-26-42(38)51-48(44)47-45(46(43)50)37-21-9-12-24-40(37)49(47)34-17-5-2-6-18-34;1-2-10-18(11-3-1)32-23-16-8-5-13-20(23)27-28-25(19-12-4-7-15-22(19)31-28)26-21-14-6-9-17-24(21)33-30(26)29(27)32;19-18-9-5-4-8-17(18)16-12-10-15(11-13-16)14-6-2-1-3-7-14/h1-30H;1-17,31H;1-13H. The molecule has 0 amide bonds. The van der Waals surface area contributed by atoms with E-state index in [0.29, 0.717) is 0 Å². The molecule has 7 heteroatoms. The van der Waals surface area contributed by atoms with E-state index in [0.717, 1.165) is 93.1 Å². The van der Waals surface area contributed by atoms with Crippen molar-refractivity contribution in [3.8, 4) is 61.6 Å². The van der Waals surface area contributed by atoms with Crippen molar-refractivity contribution in [1.29, 1.82) is 0 Å². The van der Waals surface area contributed by atoms with Gasteiger partial charge in [0.05, 0.1) is 44.3 Å². The molecule has 16 aromatic carbocycles. The lowest BCUT2D eigenvalue weighted by Gasteiger charge is -2.15. The molecule has 0 spiro atoms. The zero-order valence-corrected chi connectivity index (χ0v) is 57.3. The third kappa shape index (κ3) is 9.69. The average Bonchev–Trinajstić information content (AvgIpc) is 1.52. The lowest BCUT2D eigenvalue weighted by Crippen LogP contribution is -1.98. The Morgan fingerprint density at radius 2 is 0.612 bits per heavy atom. The van der Waals surface area contributed by atoms with Crippen LogP contribution in [0.25, 0.3) is 193 Å². The fourth-order valence-electron chi connectivity index (χ4n) is 16.1. The zero-order valence-electron chi connectivity index (χ0n) is 55.7. The third-order valence-electron chi connectivity index (χ3n) is 20.6. The maximum Gasteiger partial charge on any atom is 0.160 e. The van der Waals surface area contributed by atoms with E-state index in [2.05, 4.69) is 380 Å². The molecule has 0 aliphatic heterocycles. The van der Waals surface area contributed by atoms with Crippen LogP contribution < -0.4 is 0 Å². The van der Waals surface area contributed by atoms with Crippen molar-refractivity contribution < 1.29 is 8.83 Å². The number of nitrogens with zero attached hydrogens (tertiary/aromatic N) is 3. The second-order valence-electron chi connectivity index (χ2n) is 26.3. The quantitative estimate of drug-likeness (QED) is 0.173. The summed E-state index contributed by atoms with van der Waals surface area (Å²) in [4.78, 5) is 3.77. The van der Waals surface area contributed by atoms with Crippen molar-refractivity contribution in [3.63, 3.8) is 0 Å². The molecule has 103 heavy (non-hydrogen) atoms. The van der Waals surface area contributed by atoms with Crippen LogP contribution >= 0.6 is 15.9 Å². The molecule has 0 saturated heterocycles. The number of aromatic amines is 1. The van der Waals surface area contributed by atoms with Crippen LogP contribution in [0.5, 0.6) is 0 Å². The Morgan fingerprint density at radius 3 is 1.16 bits per heavy atom. The SMILES string of the molecule is Brc1ccccc1-c1ccc(-c2ccccc2)cc1.c1ccc(-c2ccc(-c3ccccc3-n3c4ccccc4c4c5c6ccccc6oc5c5c(c6ccccc6n5-c5ccccc5)c43)cc2)cc1.c1ccc(-n2c3ccccc3c3c4[nH]c5ccccc5c4c4c5ccccc5oc4c32)cc1. The van der Waals surface area contributed by atoms with Gasteiger partial charge in [0.25, 0.3) is 0 Å². The summed E-state index contributed by atoms with van der Waals surface area (Å²) in [5, 5.41) is 14.3. The summed E-state index contributed by atoms with van der Waals surface area (Å²) in [6.45, 7) is 0. The molecular weight excluding hydrogens is 1320 g/mol. The number of aromatic nitrogens is 4. The molecule has 0 fully saturated rings. The molecule has 0 bridgehead atoms. The van der Waals surface area contributed by atoms with E-state index in [-0.39, 0.29) is 0 Å². The van der Waals surface area contributed by atoms with Gasteiger partial charge in [0.15, 0.2) is 11.2 Å². The Morgan fingerprint density at radius 1 is 0.243 bits per heavy atom. The highest BCUT2D eigenvalue weighted by atomic mass is 79.9. The Labute approximate surface area is 600 Å². The summed E-state index contributed by atoms with van der Waals surface area (Å²) in [6.07, 6.45) is 0. The monoisotopic (exact) mass is 1380 g/mol. The second kappa shape index (κ2) is 24.6. The first-order valence-corrected chi connectivity index (χ1v) is 35.7. The Hall–Kier alpha value is -13.2. The number of H-pyrrole nitrogens is 1. The normalized spacial score (nSPS) is 11.7. The van der Waals surface area contributed by atoms with Crippen LogP contribution in [0.15, 0.2) is 377 Å². The molecule has 22 rings (SSSR count). The van der Waals surface area contributed by atoms with Crippen LogP contribution in [0.2, 0.25) is 0 Å². The second-order valence-corrected chi connectivity index (χ2v) is 27.2. The molecule has 6 heterocycles. The average molecular weight is 1380 g/mol. The van der Waals surface area contributed by atoms with Gasteiger partial charge in [-0.15, -0.1) is 0 Å². The fourth-order valence-corrected chi connectivity index (χ4v) is 16.7. The molecule has 22 aromatic rings. The van der Waals surface area contributed by atoms with E-state index in [1.807, 2.05) is 18.2 Å². The molecule has 0 aliphatic carbocycles. The highest BCUT2D eigenvalue weighted by Crippen LogP contribution is 2.52. The molecule has 1 N–H and O–H groups in total. The Bertz CT molecular complexity index is 7020. The lowest BCUT2D eigenvalue weighted by molar-refractivity contribution is 0.671. The highest BCUT2D eigenvalue weighted by molar-refractivity contribution is 9.10. The van der Waals surface area contributed by atoms with Gasteiger partial charge in [-0.3, -0.25) is 0 Å². The molecule has 6 nitrogen and oxygen atoms in total. The molecule has 0 aliphatic rings. The van der Waals surface area contributed by atoms with Gasteiger partial charge in [-0.1, -0.05) is 307 Å². The molecule has 0 atom stereocenters. The van der Waals surface area contributed by atoms with Crippen molar-refractivity contribution in [2.45, 2.75) is 0 Å². The molecule has 6 aromatic heterocycles. The molecule has 0 unspecified atom stereocenters. The van der Waals surface area contributed by atoms with E-state index < -0.39 is 0 Å². The number of hydrogen-bond acceptors (Lipinski definition) is 2. The number of hydrogen-bond donors (Lipinski definition) is 1. The number of nitrogens with one attached hydrogen (secondary N) is 1. The number of para-hydroxylation sites is 9. The lowest BCUT2D eigenvalue weighted by atomic mass is 9.99. The summed E-state index contributed by atoms with van der Waals surface area (Å²) in [6, 6.07) is 129. The van der Waals surface area contributed by atoms with E-state index in [1.165, 1.54) is 104 Å². The Balaban J connectivity index is 0.000000116. The van der Waals surface area contributed by atoms with Crippen molar-refractivity contribution >= 4 is 147 Å². The molecule has 0 saturated carbocycles. The van der Waals surface area contributed by atoms with Gasteiger partial charge < -0.3 is 27.5 Å². The predicted molar refractivity (Wildman–Crippen MR) is 436 cm³/mol. The first kappa shape index (κ1) is 59.8. The van der Waals surface area contributed by atoms with Crippen molar-refractivity contribution in [3.05, 3.63) is 368 Å². The zero-order chi connectivity index (χ0) is 68.1. The number of fused-ring (bicyclic) bond motifs is 24. The number of furan rings is 2. The molecule has 0 radical (unpaired) electrons. The van der Waals surface area contributed by atoms with Crippen molar-refractivity contribution in [1.82, 2.24) is 18.7 Å². The first-order valence-electron chi connectivity index (χ1n) is 34.9. The van der Waals surface area contributed by atoms with Crippen LogP contribution in [0, 0.1) is 0 Å². The molecule has 484 valence electrons. The Kier molecular flexibility index (Phi) is 14.3. The van der Waals surface area contributed by atoms with Crippen LogP contribution in [0.3, 0.4) is 0 Å². The summed E-state index contributed by atoms with van der Waals surface area (Å²) in [5.74, 6) is 0. The summed E-state index contributed by atoms with van der Waals surface area (Å²) >= 11 is 3.60. The van der Waals surface area contributed by atoms with E-state index in [1.54, 1.807) is 0 Å². The minimum Gasteiger partial charge on any atom is -0.454 e. The minimum atomic E-state index is 0.891. The smallest absolute Gasteiger partial charge is 0.160 e. The fraction of sp³-hybridized carbons (Fsp3) is 0. The van der Waals surface area contributed by atoms with Crippen molar-refractivity contribution in [2.75, 3.05) is 0 Å². The first-order chi connectivity index (χ1) is 51.1. The summed E-state index contributed by atoms with van der Waals surface area (Å²) < 4.78 is 22.0. The maximum absolute atomic E-state index is 6.94. The summed E-state index contributed by atoms with van der Waals surface area (Å²) in [7, 11) is 0. The third-order valence-corrected chi connectivity index (χ3v) is 21.3. The minimum absolute atomic E-state index is 0.891. The van der Waals surface area contributed by atoms with Gasteiger partial charge in [-0.2, -0.15) is 0 Å². The number of rotatable bonds is 7. The van der Waals surface area contributed by atoms with Crippen LogP contribution in [0.4, 0.5) is 0 Å². The van der Waals surface area contributed by atoms with Gasteiger partial charge in [-0.05, 0) is 112 Å². The van der Waals surface area contributed by atoms with Gasteiger partial charge >= 0.3 is 0 Å². The van der Waals surface area contributed by atoms with Crippen molar-refractivity contribution in [2.24, 2.45) is 0 Å². The van der Waals surface area contributed by atoms with Gasteiger partial charge in [0.1, 0.15) is 11.2 Å². The van der Waals surface area contributed by atoms with E-state index >= 15 is 0 Å². The largest absolute Gasteiger partial charge is 0.454 e. The van der Waals surface area contributed by atoms with Gasteiger partial charge in [0, 0.05) is 91.6 Å². The topological polar surface area (TPSA) is 56.9 Å². The van der Waals surface area contributed by atoms with Crippen LogP contribution in [0.1, 0.15) is 0 Å².